The van der Waals surface area contributed by atoms with Gasteiger partial charge in [-0.05, 0) is 53.4 Å². The quantitative estimate of drug-likeness (QED) is 0.149. The van der Waals surface area contributed by atoms with Crippen LogP contribution in [0.5, 0.6) is 11.5 Å². The van der Waals surface area contributed by atoms with Crippen LogP contribution in [0.3, 0.4) is 0 Å². The third kappa shape index (κ3) is 9.21. The van der Waals surface area contributed by atoms with Crippen molar-refractivity contribution in [1.82, 2.24) is 10.2 Å². The number of rotatable bonds is 15. The molecule has 48 heavy (non-hydrogen) atoms. The van der Waals surface area contributed by atoms with Crippen molar-refractivity contribution in [3.8, 4) is 11.5 Å². The second kappa shape index (κ2) is 16.7. The van der Waals surface area contributed by atoms with Crippen molar-refractivity contribution in [2.45, 2.75) is 37.8 Å². The van der Waals surface area contributed by atoms with E-state index in [1.54, 1.807) is 48.5 Å². The molecule has 0 saturated heterocycles. The molecule has 0 radical (unpaired) electrons. The van der Waals surface area contributed by atoms with Gasteiger partial charge in [0.1, 0.15) is 24.1 Å². The van der Waals surface area contributed by atoms with Gasteiger partial charge in [0.15, 0.2) is 0 Å². The Balaban J connectivity index is 1.87. The molecule has 0 fully saturated rings. The number of carbonyl (C=O) groups is 2. The molecule has 2 amide bonds. The Labute approximate surface area is 292 Å². The fourth-order valence-corrected chi connectivity index (χ4v) is 6.94. The first-order valence-corrected chi connectivity index (χ1v) is 17.5. The standard InChI is InChI=1S/C36H39Cl2N3O6S/c1-25(2)22-39-36(43)33(19-26-11-7-5-8-12-26)40(23-27-15-16-28(37)20-31(27)38)35(42)24-41(48(44,45)30-13-9-6-10-14-30)32-21-29(46-3)17-18-34(32)47-4/h5-18,20-21,25,33H,19,22-24H2,1-4H3,(H,39,43)/t33-/m1/s1. The van der Waals surface area contributed by atoms with Crippen LogP contribution < -0.4 is 19.1 Å². The van der Waals surface area contributed by atoms with E-state index < -0.39 is 28.5 Å². The molecule has 4 aromatic rings. The Morgan fingerprint density at radius 3 is 2.12 bits per heavy atom. The third-order valence-corrected chi connectivity index (χ3v) is 9.94. The number of anilines is 1. The van der Waals surface area contributed by atoms with Crippen LogP contribution in [0.2, 0.25) is 10.0 Å². The summed E-state index contributed by atoms with van der Waals surface area (Å²) in [6.07, 6.45) is 0.162. The number of halogens is 2. The molecular weight excluding hydrogens is 673 g/mol. The average molecular weight is 713 g/mol. The van der Waals surface area contributed by atoms with Gasteiger partial charge in [0, 0.05) is 35.6 Å². The summed E-state index contributed by atoms with van der Waals surface area (Å²) >= 11 is 12.8. The molecule has 0 heterocycles. The molecule has 9 nitrogen and oxygen atoms in total. The number of hydrogen-bond donors (Lipinski definition) is 1. The van der Waals surface area contributed by atoms with Gasteiger partial charge in [0.05, 0.1) is 24.8 Å². The Kier molecular flexibility index (Phi) is 12.7. The van der Waals surface area contributed by atoms with Gasteiger partial charge < -0.3 is 19.7 Å². The number of nitrogens with zero attached hydrogens (tertiary/aromatic N) is 2. The lowest BCUT2D eigenvalue weighted by molar-refractivity contribution is -0.140. The first-order chi connectivity index (χ1) is 22.9. The maximum atomic E-state index is 14.7. The first-order valence-electron chi connectivity index (χ1n) is 15.3. The van der Waals surface area contributed by atoms with E-state index in [2.05, 4.69) is 5.32 Å². The number of ether oxygens (including phenoxy) is 2. The molecule has 254 valence electrons. The van der Waals surface area contributed by atoms with Crippen LogP contribution in [0.1, 0.15) is 25.0 Å². The molecule has 0 aliphatic carbocycles. The van der Waals surface area contributed by atoms with Crippen molar-refractivity contribution in [3.63, 3.8) is 0 Å². The summed E-state index contributed by atoms with van der Waals surface area (Å²) in [4.78, 5) is 30.0. The summed E-state index contributed by atoms with van der Waals surface area (Å²) in [5.74, 6) is -0.334. The van der Waals surface area contributed by atoms with Crippen LogP contribution in [0, 0.1) is 5.92 Å². The van der Waals surface area contributed by atoms with E-state index in [9.17, 15) is 18.0 Å². The Morgan fingerprint density at radius 1 is 0.854 bits per heavy atom. The SMILES string of the molecule is COc1ccc(OC)c(N(CC(=O)N(Cc2ccc(Cl)cc2Cl)[C@H](Cc2ccccc2)C(=O)NCC(C)C)S(=O)(=O)c2ccccc2)c1. The van der Waals surface area contributed by atoms with Crippen molar-refractivity contribution in [1.29, 1.82) is 0 Å². The number of nitrogens with one attached hydrogen (secondary N) is 1. The zero-order valence-corrected chi connectivity index (χ0v) is 29.6. The molecule has 0 unspecified atom stereocenters. The van der Waals surface area contributed by atoms with E-state index >= 15 is 0 Å². The topological polar surface area (TPSA) is 105 Å². The second-order valence-electron chi connectivity index (χ2n) is 11.5. The zero-order valence-electron chi connectivity index (χ0n) is 27.2. The van der Waals surface area contributed by atoms with E-state index in [0.717, 1.165) is 9.87 Å². The first kappa shape index (κ1) is 36.6. The summed E-state index contributed by atoms with van der Waals surface area (Å²) in [5, 5.41) is 3.67. The molecule has 1 N–H and O–H groups in total. The molecule has 0 aliphatic heterocycles. The predicted molar refractivity (Wildman–Crippen MR) is 189 cm³/mol. The summed E-state index contributed by atoms with van der Waals surface area (Å²) in [5.41, 5.74) is 1.42. The Morgan fingerprint density at radius 2 is 1.52 bits per heavy atom. The minimum Gasteiger partial charge on any atom is -0.497 e. The molecule has 4 aromatic carbocycles. The van der Waals surface area contributed by atoms with Gasteiger partial charge in [-0.3, -0.25) is 13.9 Å². The van der Waals surface area contributed by atoms with Gasteiger partial charge in [-0.1, -0.05) is 91.6 Å². The molecule has 0 saturated carbocycles. The highest BCUT2D eigenvalue weighted by molar-refractivity contribution is 7.92. The Hall–Kier alpha value is -4.25. The summed E-state index contributed by atoms with van der Waals surface area (Å²) < 4.78 is 40.6. The van der Waals surface area contributed by atoms with E-state index in [4.69, 9.17) is 32.7 Å². The van der Waals surface area contributed by atoms with E-state index in [1.807, 2.05) is 44.2 Å². The minimum atomic E-state index is -4.35. The molecule has 0 spiro atoms. The highest BCUT2D eigenvalue weighted by Gasteiger charge is 2.36. The van der Waals surface area contributed by atoms with Crippen LogP contribution in [0.15, 0.2) is 102 Å². The van der Waals surface area contributed by atoms with Gasteiger partial charge in [0.25, 0.3) is 10.0 Å². The second-order valence-corrected chi connectivity index (χ2v) is 14.2. The van der Waals surface area contributed by atoms with Crippen molar-refractivity contribution >= 4 is 50.7 Å². The summed E-state index contributed by atoms with van der Waals surface area (Å²) in [6, 6.07) is 25.6. The molecule has 0 bridgehead atoms. The summed E-state index contributed by atoms with van der Waals surface area (Å²) in [7, 11) is -1.49. The predicted octanol–water partition coefficient (Wildman–Crippen LogP) is 6.62. The lowest BCUT2D eigenvalue weighted by Crippen LogP contribution is -2.53. The third-order valence-electron chi connectivity index (χ3n) is 7.58. The van der Waals surface area contributed by atoms with Crippen LogP contribution in [-0.4, -0.2) is 58.5 Å². The smallest absolute Gasteiger partial charge is 0.264 e. The van der Waals surface area contributed by atoms with Crippen LogP contribution in [0.25, 0.3) is 0 Å². The molecule has 4 rings (SSSR count). The number of carbonyl (C=O) groups excluding carboxylic acids is 2. The normalized spacial score (nSPS) is 11.9. The van der Waals surface area contributed by atoms with Crippen molar-refractivity contribution in [2.75, 3.05) is 31.6 Å². The average Bonchev–Trinajstić information content (AvgIpc) is 3.08. The maximum absolute atomic E-state index is 14.7. The number of amides is 2. The molecular formula is C36H39Cl2N3O6S. The molecule has 0 aliphatic rings. The lowest BCUT2D eigenvalue weighted by Gasteiger charge is -2.34. The van der Waals surface area contributed by atoms with Gasteiger partial charge >= 0.3 is 0 Å². The largest absolute Gasteiger partial charge is 0.497 e. The Bertz CT molecular complexity index is 1810. The van der Waals surface area contributed by atoms with Crippen molar-refractivity contribution < 1.29 is 27.5 Å². The van der Waals surface area contributed by atoms with Crippen LogP contribution >= 0.6 is 23.2 Å². The minimum absolute atomic E-state index is 0.0366. The fourth-order valence-electron chi connectivity index (χ4n) is 5.03. The van der Waals surface area contributed by atoms with Crippen LogP contribution in [0.4, 0.5) is 5.69 Å². The lowest BCUT2D eigenvalue weighted by atomic mass is 10.0. The summed E-state index contributed by atoms with van der Waals surface area (Å²) in [6.45, 7) is 3.54. The number of hydrogen-bond acceptors (Lipinski definition) is 6. The molecule has 1 atom stereocenters. The van der Waals surface area contributed by atoms with Gasteiger partial charge in [-0.15, -0.1) is 0 Å². The van der Waals surface area contributed by atoms with Crippen molar-refractivity contribution in [2.24, 2.45) is 5.92 Å². The van der Waals surface area contributed by atoms with Crippen LogP contribution in [-0.2, 0) is 32.6 Å². The monoisotopic (exact) mass is 711 g/mol. The molecule has 0 aromatic heterocycles. The van der Waals surface area contributed by atoms with E-state index in [1.165, 1.54) is 37.3 Å². The highest BCUT2D eigenvalue weighted by atomic mass is 35.5. The van der Waals surface area contributed by atoms with Gasteiger partial charge in [-0.2, -0.15) is 0 Å². The van der Waals surface area contributed by atoms with E-state index in [0.29, 0.717) is 27.9 Å². The van der Waals surface area contributed by atoms with Crippen molar-refractivity contribution in [3.05, 3.63) is 118 Å². The van der Waals surface area contributed by atoms with Gasteiger partial charge in [0.2, 0.25) is 11.8 Å². The highest BCUT2D eigenvalue weighted by Crippen LogP contribution is 2.36. The number of methoxy groups -OCH3 is 2. The number of benzene rings is 4. The fraction of sp³-hybridized carbons (Fsp3) is 0.278. The zero-order chi connectivity index (χ0) is 34.8. The van der Waals surface area contributed by atoms with E-state index in [-0.39, 0.29) is 41.1 Å². The molecule has 12 heteroatoms. The van der Waals surface area contributed by atoms with Gasteiger partial charge in [-0.25, -0.2) is 8.42 Å². The number of sulfonamides is 1. The maximum Gasteiger partial charge on any atom is 0.264 e.